The van der Waals surface area contributed by atoms with Crippen LogP contribution in [0.3, 0.4) is 0 Å². The van der Waals surface area contributed by atoms with Gasteiger partial charge in [-0.3, -0.25) is 0 Å². The molecule has 1 heteroatoms. The second kappa shape index (κ2) is 2.97. The molecule has 0 aromatic heterocycles. The summed E-state index contributed by atoms with van der Waals surface area (Å²) in [6, 6.07) is 10.9. The molecule has 0 nitrogen and oxygen atoms in total. The standard InChI is InChI=1S/C11H15B/c1-3-10-11(12(10)2)9-7-5-4-6-8-9/h4-8,10-11H,3H2,1-2H3. The molecule has 0 amide bonds. The summed E-state index contributed by atoms with van der Waals surface area (Å²) < 4.78 is 0. The summed E-state index contributed by atoms with van der Waals surface area (Å²) in [5.74, 6) is 1.81. The number of benzene rings is 1. The van der Waals surface area contributed by atoms with Gasteiger partial charge in [-0.25, -0.2) is 0 Å². The van der Waals surface area contributed by atoms with Crippen LogP contribution in [0.1, 0.15) is 24.7 Å². The maximum atomic E-state index is 2.37. The molecule has 0 spiro atoms. The van der Waals surface area contributed by atoms with E-state index in [2.05, 4.69) is 44.1 Å². The van der Waals surface area contributed by atoms with Crippen LogP contribution in [-0.4, -0.2) is 6.71 Å². The van der Waals surface area contributed by atoms with Crippen molar-refractivity contribution in [1.82, 2.24) is 0 Å². The Bertz CT molecular complexity index is 255. The topological polar surface area (TPSA) is 0 Å². The highest BCUT2D eigenvalue weighted by Crippen LogP contribution is 2.53. The Morgan fingerprint density at radius 2 is 1.92 bits per heavy atom. The Morgan fingerprint density at radius 1 is 1.25 bits per heavy atom. The summed E-state index contributed by atoms with van der Waals surface area (Å²) in [5, 5.41) is 0. The zero-order valence-electron chi connectivity index (χ0n) is 7.83. The fourth-order valence-electron chi connectivity index (χ4n) is 2.40. The molecule has 1 aliphatic rings. The first-order valence-corrected chi connectivity index (χ1v) is 4.89. The lowest BCUT2D eigenvalue weighted by atomic mass is 9.67. The predicted molar refractivity (Wildman–Crippen MR) is 54.8 cm³/mol. The molecule has 0 radical (unpaired) electrons. The van der Waals surface area contributed by atoms with Crippen molar-refractivity contribution in [2.45, 2.75) is 31.8 Å². The van der Waals surface area contributed by atoms with Crippen LogP contribution in [0.15, 0.2) is 30.3 Å². The van der Waals surface area contributed by atoms with E-state index >= 15 is 0 Å². The van der Waals surface area contributed by atoms with Gasteiger partial charge in [-0.05, 0) is 5.82 Å². The van der Waals surface area contributed by atoms with E-state index in [1.165, 1.54) is 12.0 Å². The zero-order valence-corrected chi connectivity index (χ0v) is 7.83. The molecule has 2 rings (SSSR count). The Balaban J connectivity index is 2.14. The van der Waals surface area contributed by atoms with Crippen LogP contribution in [-0.2, 0) is 0 Å². The van der Waals surface area contributed by atoms with Crippen LogP contribution >= 0.6 is 0 Å². The smallest absolute Gasteiger partial charge is 0.0854 e. The van der Waals surface area contributed by atoms with E-state index in [1.54, 1.807) is 0 Å². The summed E-state index contributed by atoms with van der Waals surface area (Å²) in [4.78, 5) is 0. The van der Waals surface area contributed by atoms with Gasteiger partial charge in [0, 0.05) is 0 Å². The summed E-state index contributed by atoms with van der Waals surface area (Å²) in [6.07, 6.45) is 1.33. The van der Waals surface area contributed by atoms with Crippen LogP contribution in [0.5, 0.6) is 0 Å². The van der Waals surface area contributed by atoms with Crippen LogP contribution in [0.2, 0.25) is 12.6 Å². The lowest BCUT2D eigenvalue weighted by Gasteiger charge is -1.97. The number of hydrogen-bond acceptors (Lipinski definition) is 0. The second-order valence-electron chi connectivity index (χ2n) is 3.87. The molecule has 1 aromatic carbocycles. The first-order chi connectivity index (χ1) is 5.84. The lowest BCUT2D eigenvalue weighted by Crippen LogP contribution is -1.84. The molecule has 62 valence electrons. The Labute approximate surface area is 75.1 Å². The average molecular weight is 158 g/mol. The van der Waals surface area contributed by atoms with Crippen LogP contribution in [0, 0.1) is 0 Å². The largest absolute Gasteiger partial charge is 0.147 e. The Morgan fingerprint density at radius 3 is 2.42 bits per heavy atom. The van der Waals surface area contributed by atoms with E-state index < -0.39 is 0 Å². The van der Waals surface area contributed by atoms with Crippen molar-refractivity contribution in [3.63, 3.8) is 0 Å². The molecule has 1 fully saturated rings. The maximum absolute atomic E-state index is 2.37. The molecule has 1 aromatic rings. The van der Waals surface area contributed by atoms with Gasteiger partial charge in [0.1, 0.15) is 6.71 Å². The van der Waals surface area contributed by atoms with Gasteiger partial charge in [-0.1, -0.05) is 61.9 Å². The van der Waals surface area contributed by atoms with Gasteiger partial charge in [0.2, 0.25) is 0 Å². The quantitative estimate of drug-likeness (QED) is 0.579. The van der Waals surface area contributed by atoms with Gasteiger partial charge >= 0.3 is 0 Å². The SMILES string of the molecule is CCC1B(C)C1c1ccccc1. The van der Waals surface area contributed by atoms with Crippen LogP contribution < -0.4 is 0 Å². The van der Waals surface area contributed by atoms with Crippen molar-refractivity contribution in [2.24, 2.45) is 0 Å². The zero-order chi connectivity index (χ0) is 8.55. The monoisotopic (exact) mass is 158 g/mol. The fraction of sp³-hybridized carbons (Fsp3) is 0.455. The van der Waals surface area contributed by atoms with Gasteiger partial charge in [0.05, 0.1) is 0 Å². The van der Waals surface area contributed by atoms with E-state index in [0.29, 0.717) is 0 Å². The first kappa shape index (κ1) is 7.91. The van der Waals surface area contributed by atoms with E-state index in [9.17, 15) is 0 Å². The Hall–Kier alpha value is -0.715. The predicted octanol–water partition coefficient (Wildman–Crippen LogP) is 3.23. The van der Waals surface area contributed by atoms with Crippen molar-refractivity contribution >= 4 is 6.71 Å². The summed E-state index contributed by atoms with van der Waals surface area (Å²) in [5.41, 5.74) is 1.54. The number of hydrogen-bond donors (Lipinski definition) is 0. The second-order valence-corrected chi connectivity index (χ2v) is 3.87. The summed E-state index contributed by atoms with van der Waals surface area (Å²) >= 11 is 0. The molecule has 0 aliphatic carbocycles. The highest BCUT2D eigenvalue weighted by molar-refractivity contribution is 6.72. The number of rotatable bonds is 2. The van der Waals surface area contributed by atoms with Crippen LogP contribution in [0.4, 0.5) is 0 Å². The maximum Gasteiger partial charge on any atom is 0.147 e. The minimum absolute atomic E-state index is 0.858. The Kier molecular flexibility index (Phi) is 1.96. The van der Waals surface area contributed by atoms with Crippen LogP contribution in [0.25, 0.3) is 0 Å². The van der Waals surface area contributed by atoms with E-state index in [-0.39, 0.29) is 0 Å². The highest BCUT2D eigenvalue weighted by atomic mass is 14.3. The van der Waals surface area contributed by atoms with Gasteiger partial charge in [-0.2, -0.15) is 0 Å². The summed E-state index contributed by atoms with van der Waals surface area (Å²) in [6.45, 7) is 5.58. The van der Waals surface area contributed by atoms with Crippen molar-refractivity contribution in [3.05, 3.63) is 35.9 Å². The molecule has 0 bridgehead atoms. The van der Waals surface area contributed by atoms with Gasteiger partial charge in [-0.15, -0.1) is 0 Å². The molecule has 1 aliphatic heterocycles. The third kappa shape index (κ3) is 1.18. The molecular weight excluding hydrogens is 143 g/mol. The minimum Gasteiger partial charge on any atom is -0.0854 e. The molecule has 0 saturated carbocycles. The first-order valence-electron chi connectivity index (χ1n) is 4.89. The normalized spacial score (nSPS) is 27.3. The van der Waals surface area contributed by atoms with Crippen molar-refractivity contribution in [2.75, 3.05) is 0 Å². The third-order valence-electron chi connectivity index (χ3n) is 3.22. The highest BCUT2D eigenvalue weighted by Gasteiger charge is 2.48. The molecule has 2 atom stereocenters. The minimum atomic E-state index is 0.858. The van der Waals surface area contributed by atoms with Crippen molar-refractivity contribution in [1.29, 1.82) is 0 Å². The van der Waals surface area contributed by atoms with Gasteiger partial charge in [0.15, 0.2) is 0 Å². The summed E-state index contributed by atoms with van der Waals surface area (Å²) in [7, 11) is 0. The average Bonchev–Trinajstić information content (AvgIpc) is 2.78. The van der Waals surface area contributed by atoms with E-state index in [0.717, 1.165) is 18.3 Å². The third-order valence-corrected chi connectivity index (χ3v) is 3.22. The lowest BCUT2D eigenvalue weighted by molar-refractivity contribution is 0.875. The molecule has 2 unspecified atom stereocenters. The van der Waals surface area contributed by atoms with Gasteiger partial charge in [0.25, 0.3) is 0 Å². The molecule has 1 saturated heterocycles. The van der Waals surface area contributed by atoms with Gasteiger partial charge < -0.3 is 0 Å². The van der Waals surface area contributed by atoms with E-state index in [4.69, 9.17) is 0 Å². The molecule has 12 heavy (non-hydrogen) atoms. The molecule has 1 heterocycles. The van der Waals surface area contributed by atoms with Crippen molar-refractivity contribution in [3.8, 4) is 0 Å². The molecule has 0 N–H and O–H groups in total. The fourth-order valence-corrected chi connectivity index (χ4v) is 2.40. The molecular formula is C11H15B. The van der Waals surface area contributed by atoms with Crippen molar-refractivity contribution < 1.29 is 0 Å². The van der Waals surface area contributed by atoms with E-state index in [1.807, 2.05) is 0 Å².